The SMILES string of the molecule is COCC1(CNC(=O)CCNS(=O)(=O)c2ccccc2F)CCNCC1. The van der Waals surface area contributed by atoms with Crippen LogP contribution < -0.4 is 15.4 Å². The van der Waals surface area contributed by atoms with Crippen molar-refractivity contribution in [2.45, 2.75) is 24.2 Å². The number of hydrogen-bond acceptors (Lipinski definition) is 5. The number of amides is 1. The number of methoxy groups -OCH3 is 1. The molecule has 9 heteroatoms. The molecule has 0 spiro atoms. The molecule has 1 fully saturated rings. The van der Waals surface area contributed by atoms with Crippen LogP contribution in [0, 0.1) is 11.2 Å². The standard InChI is InChI=1S/C17H26FN3O4S/c1-25-13-17(7-10-19-11-8-17)12-20-16(22)6-9-21-26(23,24)15-5-3-2-4-14(15)18/h2-5,19,21H,6-13H2,1H3,(H,20,22). The summed E-state index contributed by atoms with van der Waals surface area (Å²) in [6.07, 6.45) is 1.79. The van der Waals surface area contributed by atoms with E-state index in [1.54, 1.807) is 7.11 Å². The lowest BCUT2D eigenvalue weighted by Gasteiger charge is -2.37. The van der Waals surface area contributed by atoms with Crippen LogP contribution in [-0.2, 0) is 19.6 Å². The average Bonchev–Trinajstić information content (AvgIpc) is 2.61. The maximum Gasteiger partial charge on any atom is 0.243 e. The average molecular weight is 387 g/mol. The molecule has 0 aromatic heterocycles. The van der Waals surface area contributed by atoms with Crippen LogP contribution >= 0.6 is 0 Å². The van der Waals surface area contributed by atoms with Crippen molar-refractivity contribution < 1.29 is 22.3 Å². The summed E-state index contributed by atoms with van der Waals surface area (Å²) < 4.78 is 45.3. The minimum Gasteiger partial charge on any atom is -0.384 e. The van der Waals surface area contributed by atoms with E-state index in [0.29, 0.717) is 13.2 Å². The summed E-state index contributed by atoms with van der Waals surface area (Å²) in [5.41, 5.74) is -0.0949. The largest absolute Gasteiger partial charge is 0.384 e. The molecule has 7 nitrogen and oxygen atoms in total. The Labute approximate surface area is 153 Å². The fourth-order valence-corrected chi connectivity index (χ4v) is 4.16. The monoisotopic (exact) mass is 387 g/mol. The number of carbonyl (C=O) groups excluding carboxylic acids is 1. The molecule has 3 N–H and O–H groups in total. The van der Waals surface area contributed by atoms with E-state index in [9.17, 15) is 17.6 Å². The van der Waals surface area contributed by atoms with Crippen molar-refractivity contribution in [1.82, 2.24) is 15.4 Å². The van der Waals surface area contributed by atoms with Crippen molar-refractivity contribution in [3.8, 4) is 0 Å². The van der Waals surface area contributed by atoms with Crippen molar-refractivity contribution in [3.05, 3.63) is 30.1 Å². The van der Waals surface area contributed by atoms with Crippen LogP contribution in [-0.4, -0.2) is 54.2 Å². The normalized spacial score (nSPS) is 17.0. The topological polar surface area (TPSA) is 96.5 Å². The van der Waals surface area contributed by atoms with E-state index in [0.717, 1.165) is 32.0 Å². The number of piperidine rings is 1. The maximum atomic E-state index is 13.6. The Kier molecular flexibility index (Phi) is 7.51. The molecule has 2 rings (SSSR count). The lowest BCUT2D eigenvalue weighted by Crippen LogP contribution is -2.47. The van der Waals surface area contributed by atoms with Gasteiger partial charge in [0.15, 0.2) is 0 Å². The molecule has 1 aromatic rings. The molecule has 0 saturated carbocycles. The first kappa shape index (κ1) is 20.8. The van der Waals surface area contributed by atoms with Crippen molar-refractivity contribution in [1.29, 1.82) is 0 Å². The van der Waals surface area contributed by atoms with E-state index in [4.69, 9.17) is 4.74 Å². The highest BCUT2D eigenvalue weighted by Gasteiger charge is 2.32. The quantitative estimate of drug-likeness (QED) is 0.577. The summed E-state index contributed by atoms with van der Waals surface area (Å²) in [5, 5.41) is 6.14. The molecular weight excluding hydrogens is 361 g/mol. The van der Waals surface area contributed by atoms with Gasteiger partial charge in [-0.2, -0.15) is 0 Å². The molecule has 1 aliphatic heterocycles. The molecule has 0 radical (unpaired) electrons. The van der Waals surface area contributed by atoms with Gasteiger partial charge in [0.25, 0.3) is 0 Å². The number of nitrogens with one attached hydrogen (secondary N) is 3. The molecule has 0 unspecified atom stereocenters. The van der Waals surface area contributed by atoms with E-state index < -0.39 is 20.7 Å². The Hall–Kier alpha value is -1.55. The Morgan fingerprint density at radius 3 is 2.65 bits per heavy atom. The molecule has 0 aliphatic carbocycles. The van der Waals surface area contributed by atoms with Gasteiger partial charge in [0.2, 0.25) is 15.9 Å². The van der Waals surface area contributed by atoms with Crippen LogP contribution in [0.15, 0.2) is 29.2 Å². The number of carbonyl (C=O) groups is 1. The highest BCUT2D eigenvalue weighted by atomic mass is 32.2. The van der Waals surface area contributed by atoms with Crippen molar-refractivity contribution in [3.63, 3.8) is 0 Å². The summed E-state index contributed by atoms with van der Waals surface area (Å²) in [4.78, 5) is 11.6. The van der Waals surface area contributed by atoms with Gasteiger partial charge in [-0.1, -0.05) is 12.1 Å². The lowest BCUT2D eigenvalue weighted by atomic mass is 9.79. The second-order valence-corrected chi connectivity index (χ2v) is 8.27. The van der Waals surface area contributed by atoms with Gasteiger partial charge in [0.1, 0.15) is 10.7 Å². The van der Waals surface area contributed by atoms with Crippen LogP contribution in [0.1, 0.15) is 19.3 Å². The molecule has 0 atom stereocenters. The Balaban J connectivity index is 1.80. The Bertz CT molecular complexity index is 700. The first-order valence-corrected chi connectivity index (χ1v) is 10.1. The highest BCUT2D eigenvalue weighted by molar-refractivity contribution is 7.89. The molecular formula is C17H26FN3O4S. The summed E-state index contributed by atoms with van der Waals surface area (Å²) in [7, 11) is -2.33. The van der Waals surface area contributed by atoms with Crippen LogP contribution in [0.4, 0.5) is 4.39 Å². The summed E-state index contributed by atoms with van der Waals surface area (Å²) in [6, 6.07) is 5.12. The third-order valence-electron chi connectivity index (χ3n) is 4.55. The molecule has 146 valence electrons. The molecule has 1 aromatic carbocycles. The lowest BCUT2D eigenvalue weighted by molar-refractivity contribution is -0.121. The van der Waals surface area contributed by atoms with E-state index in [1.165, 1.54) is 18.2 Å². The summed E-state index contributed by atoms with van der Waals surface area (Å²) in [6.45, 7) is 2.71. The highest BCUT2D eigenvalue weighted by Crippen LogP contribution is 2.28. The van der Waals surface area contributed by atoms with Gasteiger partial charge < -0.3 is 15.4 Å². The van der Waals surface area contributed by atoms with Gasteiger partial charge in [-0.05, 0) is 38.1 Å². The number of rotatable bonds is 9. The molecule has 1 amide bonds. The van der Waals surface area contributed by atoms with Crippen LogP contribution in [0.5, 0.6) is 0 Å². The van der Waals surface area contributed by atoms with Crippen molar-refractivity contribution in [2.75, 3.05) is 39.9 Å². The molecule has 0 bridgehead atoms. The summed E-state index contributed by atoms with van der Waals surface area (Å²) >= 11 is 0. The van der Waals surface area contributed by atoms with Gasteiger partial charge in [0, 0.05) is 32.0 Å². The van der Waals surface area contributed by atoms with Gasteiger partial charge in [-0.15, -0.1) is 0 Å². The van der Waals surface area contributed by atoms with Crippen LogP contribution in [0.2, 0.25) is 0 Å². The van der Waals surface area contributed by atoms with Crippen LogP contribution in [0.3, 0.4) is 0 Å². The number of ether oxygens (including phenoxy) is 1. The van der Waals surface area contributed by atoms with Gasteiger partial charge >= 0.3 is 0 Å². The zero-order valence-corrected chi connectivity index (χ0v) is 15.7. The predicted octanol–water partition coefficient (Wildman–Crippen LogP) is 0.627. The number of hydrogen-bond donors (Lipinski definition) is 3. The predicted molar refractivity (Wildman–Crippen MR) is 95.6 cm³/mol. The smallest absolute Gasteiger partial charge is 0.243 e. The zero-order chi connectivity index (χ0) is 19.0. The second kappa shape index (κ2) is 9.40. The maximum absolute atomic E-state index is 13.6. The summed E-state index contributed by atoms with van der Waals surface area (Å²) in [5.74, 6) is -1.08. The fourth-order valence-electron chi connectivity index (χ4n) is 3.05. The number of benzene rings is 1. The minimum absolute atomic E-state index is 0.0189. The Morgan fingerprint density at radius 2 is 2.00 bits per heavy atom. The third-order valence-corrected chi connectivity index (χ3v) is 6.04. The molecule has 1 aliphatic rings. The van der Waals surface area contributed by atoms with E-state index in [1.807, 2.05) is 0 Å². The molecule has 1 heterocycles. The zero-order valence-electron chi connectivity index (χ0n) is 14.9. The second-order valence-electron chi connectivity index (χ2n) is 6.54. The van der Waals surface area contributed by atoms with E-state index in [-0.39, 0.29) is 24.3 Å². The van der Waals surface area contributed by atoms with Gasteiger partial charge in [-0.3, -0.25) is 4.79 Å². The van der Waals surface area contributed by atoms with Crippen molar-refractivity contribution in [2.24, 2.45) is 5.41 Å². The molecule has 26 heavy (non-hydrogen) atoms. The Morgan fingerprint density at radius 1 is 1.31 bits per heavy atom. The van der Waals surface area contributed by atoms with Crippen LogP contribution in [0.25, 0.3) is 0 Å². The minimum atomic E-state index is -3.98. The fraction of sp³-hybridized carbons (Fsp3) is 0.588. The van der Waals surface area contributed by atoms with Crippen molar-refractivity contribution >= 4 is 15.9 Å². The first-order chi connectivity index (χ1) is 12.4. The number of sulfonamides is 1. The number of halogens is 1. The van der Waals surface area contributed by atoms with E-state index in [2.05, 4.69) is 15.4 Å². The first-order valence-electron chi connectivity index (χ1n) is 8.59. The molecule has 1 saturated heterocycles. The van der Waals surface area contributed by atoms with E-state index >= 15 is 0 Å². The van der Waals surface area contributed by atoms with Gasteiger partial charge in [-0.25, -0.2) is 17.5 Å². The third kappa shape index (κ3) is 5.73. The van der Waals surface area contributed by atoms with Gasteiger partial charge in [0.05, 0.1) is 6.61 Å².